The Balaban J connectivity index is 1.69. The zero-order valence-electron chi connectivity index (χ0n) is 12.6. The highest BCUT2D eigenvalue weighted by molar-refractivity contribution is 7.92. The van der Waals surface area contributed by atoms with Gasteiger partial charge in [-0.05, 0) is 36.4 Å². The van der Waals surface area contributed by atoms with Gasteiger partial charge in [0, 0.05) is 17.4 Å². The minimum atomic E-state index is -3.81. The van der Waals surface area contributed by atoms with Crippen molar-refractivity contribution in [2.75, 3.05) is 11.1 Å². The number of aromatic nitrogens is 3. The first-order valence-corrected chi connectivity index (χ1v) is 8.99. The molecule has 2 aromatic heterocycles. The number of hydrogen-bond acceptors (Lipinski definition) is 7. The van der Waals surface area contributed by atoms with Crippen molar-refractivity contribution in [3.63, 3.8) is 0 Å². The number of sulfone groups is 1. The number of anilines is 1. The molecule has 0 aliphatic heterocycles. The number of carbonyl (C=O) groups excluding carboxylic acids is 1. The van der Waals surface area contributed by atoms with Gasteiger partial charge in [-0.25, -0.2) is 8.42 Å². The first-order valence-electron chi connectivity index (χ1n) is 6.96. The molecule has 0 aliphatic carbocycles. The van der Waals surface area contributed by atoms with Gasteiger partial charge in [-0.15, -0.1) is 5.10 Å². The summed E-state index contributed by atoms with van der Waals surface area (Å²) < 4.78 is 29.7. The number of carbonyl (C=O) groups is 1. The van der Waals surface area contributed by atoms with Gasteiger partial charge in [0.2, 0.25) is 5.91 Å². The lowest BCUT2D eigenvalue weighted by Crippen LogP contribution is -2.23. The Morgan fingerprint density at radius 2 is 1.92 bits per heavy atom. The SMILES string of the molecule is O=C(CS(=O)(=O)c1ccc(Cl)cc1)Nc1nnc(-c2cccnc2)o1. The average molecular weight is 379 g/mol. The Hall–Kier alpha value is -2.78. The van der Waals surface area contributed by atoms with Crippen LogP contribution in [0.25, 0.3) is 11.5 Å². The molecule has 3 rings (SSSR count). The third-order valence-electron chi connectivity index (χ3n) is 3.07. The molecule has 0 bridgehead atoms. The highest BCUT2D eigenvalue weighted by Crippen LogP contribution is 2.19. The van der Waals surface area contributed by atoms with Crippen LogP contribution in [-0.2, 0) is 14.6 Å². The molecule has 10 heteroatoms. The number of amides is 1. The summed E-state index contributed by atoms with van der Waals surface area (Å²) in [6.07, 6.45) is 3.11. The van der Waals surface area contributed by atoms with Crippen molar-refractivity contribution in [3.8, 4) is 11.5 Å². The average Bonchev–Trinajstić information content (AvgIpc) is 3.04. The van der Waals surface area contributed by atoms with Gasteiger partial charge >= 0.3 is 6.01 Å². The van der Waals surface area contributed by atoms with E-state index in [0.717, 1.165) is 0 Å². The summed E-state index contributed by atoms with van der Waals surface area (Å²) in [6.45, 7) is 0. The summed E-state index contributed by atoms with van der Waals surface area (Å²) in [5.74, 6) is -1.40. The normalized spacial score (nSPS) is 11.2. The Morgan fingerprint density at radius 1 is 1.16 bits per heavy atom. The van der Waals surface area contributed by atoms with Crippen LogP contribution >= 0.6 is 11.6 Å². The van der Waals surface area contributed by atoms with Crippen molar-refractivity contribution in [2.24, 2.45) is 0 Å². The molecule has 0 saturated heterocycles. The van der Waals surface area contributed by atoms with Gasteiger partial charge in [-0.1, -0.05) is 16.7 Å². The molecule has 0 fully saturated rings. The minimum absolute atomic E-state index is 0.00590. The van der Waals surface area contributed by atoms with Crippen molar-refractivity contribution >= 4 is 33.4 Å². The van der Waals surface area contributed by atoms with Crippen LogP contribution in [0.5, 0.6) is 0 Å². The Bertz CT molecular complexity index is 988. The van der Waals surface area contributed by atoms with E-state index >= 15 is 0 Å². The van der Waals surface area contributed by atoms with Crippen molar-refractivity contribution in [1.29, 1.82) is 0 Å². The lowest BCUT2D eigenvalue weighted by Gasteiger charge is -2.04. The summed E-state index contributed by atoms with van der Waals surface area (Å²) in [6, 6.07) is 8.73. The zero-order chi connectivity index (χ0) is 17.9. The van der Waals surface area contributed by atoms with Gasteiger partial charge in [0.05, 0.1) is 10.5 Å². The maximum Gasteiger partial charge on any atom is 0.322 e. The van der Waals surface area contributed by atoms with E-state index in [2.05, 4.69) is 20.5 Å². The minimum Gasteiger partial charge on any atom is -0.403 e. The maximum absolute atomic E-state index is 12.2. The lowest BCUT2D eigenvalue weighted by atomic mass is 10.3. The Labute approximate surface area is 147 Å². The maximum atomic E-state index is 12.2. The van der Waals surface area contributed by atoms with Crippen LogP contribution in [0.15, 0.2) is 58.1 Å². The number of nitrogens with zero attached hydrogens (tertiary/aromatic N) is 3. The molecule has 3 aromatic rings. The van der Waals surface area contributed by atoms with Crippen LogP contribution < -0.4 is 5.32 Å². The highest BCUT2D eigenvalue weighted by Gasteiger charge is 2.21. The monoisotopic (exact) mass is 378 g/mol. The van der Waals surface area contributed by atoms with Gasteiger partial charge in [0.1, 0.15) is 5.75 Å². The van der Waals surface area contributed by atoms with Gasteiger partial charge in [0.15, 0.2) is 9.84 Å². The van der Waals surface area contributed by atoms with E-state index in [4.69, 9.17) is 16.0 Å². The molecule has 0 spiro atoms. The molecule has 1 N–H and O–H groups in total. The number of benzene rings is 1. The smallest absolute Gasteiger partial charge is 0.322 e. The summed E-state index contributed by atoms with van der Waals surface area (Å²) in [7, 11) is -3.81. The lowest BCUT2D eigenvalue weighted by molar-refractivity contribution is -0.114. The van der Waals surface area contributed by atoms with Gasteiger partial charge < -0.3 is 4.42 Å². The molecule has 2 heterocycles. The number of pyridine rings is 1. The Morgan fingerprint density at radius 3 is 2.60 bits per heavy atom. The number of rotatable bonds is 5. The van der Waals surface area contributed by atoms with Crippen molar-refractivity contribution < 1.29 is 17.6 Å². The van der Waals surface area contributed by atoms with Crippen molar-refractivity contribution in [3.05, 3.63) is 53.8 Å². The van der Waals surface area contributed by atoms with Gasteiger partial charge in [-0.3, -0.25) is 15.1 Å². The second-order valence-electron chi connectivity index (χ2n) is 4.92. The predicted molar refractivity (Wildman–Crippen MR) is 89.7 cm³/mol. The molecule has 0 unspecified atom stereocenters. The summed E-state index contributed by atoms with van der Waals surface area (Å²) in [5, 5.41) is 10.1. The highest BCUT2D eigenvalue weighted by atomic mass is 35.5. The summed E-state index contributed by atoms with van der Waals surface area (Å²) >= 11 is 5.72. The summed E-state index contributed by atoms with van der Waals surface area (Å²) in [5.41, 5.74) is 0.573. The molecule has 25 heavy (non-hydrogen) atoms. The van der Waals surface area contributed by atoms with E-state index in [1.54, 1.807) is 18.3 Å². The third kappa shape index (κ3) is 4.20. The van der Waals surface area contributed by atoms with Crippen LogP contribution in [0.1, 0.15) is 0 Å². The van der Waals surface area contributed by atoms with E-state index in [1.807, 2.05) is 0 Å². The van der Waals surface area contributed by atoms with E-state index < -0.39 is 21.5 Å². The first kappa shape index (κ1) is 17.1. The molecule has 0 aliphatic rings. The van der Waals surface area contributed by atoms with Crippen LogP contribution in [0.4, 0.5) is 6.01 Å². The second kappa shape index (κ2) is 6.99. The molecule has 128 valence electrons. The molecule has 8 nitrogen and oxygen atoms in total. The fourth-order valence-electron chi connectivity index (χ4n) is 1.93. The van der Waals surface area contributed by atoms with Crippen LogP contribution in [0, 0.1) is 0 Å². The van der Waals surface area contributed by atoms with Crippen LogP contribution in [0.3, 0.4) is 0 Å². The zero-order valence-corrected chi connectivity index (χ0v) is 14.2. The van der Waals surface area contributed by atoms with Gasteiger partial charge in [0.25, 0.3) is 5.89 Å². The molecule has 1 aromatic carbocycles. The van der Waals surface area contributed by atoms with Crippen LogP contribution in [-0.4, -0.2) is 35.3 Å². The fraction of sp³-hybridized carbons (Fsp3) is 0.0667. The first-order chi connectivity index (χ1) is 11.9. The van der Waals surface area contributed by atoms with Gasteiger partial charge in [-0.2, -0.15) is 0 Å². The predicted octanol–water partition coefficient (Wildman–Crippen LogP) is 2.20. The van der Waals surface area contributed by atoms with E-state index in [1.165, 1.54) is 30.5 Å². The topological polar surface area (TPSA) is 115 Å². The van der Waals surface area contributed by atoms with Crippen LogP contribution in [0.2, 0.25) is 5.02 Å². The third-order valence-corrected chi connectivity index (χ3v) is 4.96. The number of halogens is 1. The van der Waals surface area contributed by atoms with E-state index in [0.29, 0.717) is 10.6 Å². The number of hydrogen-bond donors (Lipinski definition) is 1. The molecule has 0 atom stereocenters. The van der Waals surface area contributed by atoms with Crippen molar-refractivity contribution in [2.45, 2.75) is 4.90 Å². The van der Waals surface area contributed by atoms with Crippen molar-refractivity contribution in [1.82, 2.24) is 15.2 Å². The quantitative estimate of drug-likeness (QED) is 0.723. The molecular formula is C15H11ClN4O4S. The second-order valence-corrected chi connectivity index (χ2v) is 7.34. The standard InChI is InChI=1S/C15H11ClN4O4S/c16-11-3-5-12(6-4-11)25(22,23)9-13(21)18-15-20-19-14(24-15)10-2-1-7-17-8-10/h1-8H,9H2,(H,18,20,21). The molecular weight excluding hydrogens is 368 g/mol. The molecule has 0 saturated carbocycles. The molecule has 0 radical (unpaired) electrons. The Kier molecular flexibility index (Phi) is 4.77. The van der Waals surface area contributed by atoms with E-state index in [9.17, 15) is 13.2 Å². The van der Waals surface area contributed by atoms with E-state index in [-0.39, 0.29) is 16.8 Å². The summed E-state index contributed by atoms with van der Waals surface area (Å²) in [4.78, 5) is 15.9. The largest absolute Gasteiger partial charge is 0.403 e. The molecule has 1 amide bonds. The number of nitrogens with one attached hydrogen (secondary N) is 1. The fourth-order valence-corrected chi connectivity index (χ4v) is 3.19.